The molecule has 0 fully saturated rings. The molecule has 2 N–H and O–H groups in total. The Balaban J connectivity index is 2.07. The highest BCUT2D eigenvalue weighted by Gasteiger charge is 2.20. The van der Waals surface area contributed by atoms with Gasteiger partial charge in [0.1, 0.15) is 0 Å². The number of nitrogens with one attached hydrogen (secondary N) is 1. The molecule has 1 aromatic carbocycles. The number of fused-ring (bicyclic) bond motifs is 1. The number of carboxylic acids is 1. The fourth-order valence-electron chi connectivity index (χ4n) is 2.10. The van der Waals surface area contributed by atoms with Gasteiger partial charge in [-0.3, -0.25) is 9.59 Å². The topological polar surface area (TPSA) is 86.7 Å². The fourth-order valence-corrected chi connectivity index (χ4v) is 2.10. The predicted molar refractivity (Wildman–Crippen MR) is 72.7 cm³/mol. The highest BCUT2D eigenvalue weighted by Crippen LogP contribution is 2.24. The molecule has 1 aliphatic rings. The molecule has 2 rings (SSSR count). The van der Waals surface area contributed by atoms with E-state index >= 15 is 0 Å². The number of benzene rings is 1. The number of ketones is 1. The van der Waals surface area contributed by atoms with Crippen molar-refractivity contribution in [1.29, 1.82) is 0 Å². The van der Waals surface area contributed by atoms with Crippen LogP contribution in [0.5, 0.6) is 0 Å². The average Bonchev–Trinajstić information content (AvgIpc) is 2.39. The van der Waals surface area contributed by atoms with E-state index in [4.69, 9.17) is 5.11 Å². The van der Waals surface area contributed by atoms with Gasteiger partial charge in [0.25, 0.3) is 0 Å². The van der Waals surface area contributed by atoms with E-state index in [1.165, 1.54) is 4.90 Å². The normalized spacial score (nSPS) is 13.7. The van der Waals surface area contributed by atoms with E-state index in [2.05, 4.69) is 5.32 Å². The van der Waals surface area contributed by atoms with Crippen LogP contribution >= 0.6 is 0 Å². The highest BCUT2D eigenvalue weighted by atomic mass is 16.4. The van der Waals surface area contributed by atoms with Crippen molar-refractivity contribution in [3.8, 4) is 0 Å². The first-order valence-electron chi connectivity index (χ1n) is 6.37. The molecule has 0 bridgehead atoms. The summed E-state index contributed by atoms with van der Waals surface area (Å²) in [5.74, 6) is -0.971. The highest BCUT2D eigenvalue weighted by molar-refractivity contribution is 5.98. The lowest BCUT2D eigenvalue weighted by Crippen LogP contribution is -2.35. The van der Waals surface area contributed by atoms with Crippen molar-refractivity contribution in [3.05, 3.63) is 29.3 Å². The van der Waals surface area contributed by atoms with Gasteiger partial charge in [-0.2, -0.15) is 0 Å². The van der Waals surface area contributed by atoms with Gasteiger partial charge < -0.3 is 15.3 Å². The molecule has 1 heterocycles. The van der Waals surface area contributed by atoms with Crippen LogP contribution < -0.4 is 5.32 Å². The summed E-state index contributed by atoms with van der Waals surface area (Å²) in [6, 6.07) is 4.96. The van der Waals surface area contributed by atoms with Crippen molar-refractivity contribution in [2.24, 2.45) is 0 Å². The van der Waals surface area contributed by atoms with E-state index in [9.17, 15) is 14.4 Å². The molecule has 2 amide bonds. The van der Waals surface area contributed by atoms with E-state index in [1.807, 2.05) is 0 Å². The lowest BCUT2D eigenvalue weighted by molar-refractivity contribution is -0.137. The number of urea groups is 1. The van der Waals surface area contributed by atoms with Gasteiger partial charge in [0.15, 0.2) is 5.78 Å². The first-order valence-corrected chi connectivity index (χ1v) is 6.37. The smallest absolute Gasteiger partial charge is 0.321 e. The van der Waals surface area contributed by atoms with Gasteiger partial charge in [0.2, 0.25) is 0 Å². The van der Waals surface area contributed by atoms with Crippen LogP contribution in [-0.2, 0) is 11.3 Å². The number of aliphatic carboxylic acids is 1. The van der Waals surface area contributed by atoms with Crippen LogP contribution in [0.25, 0.3) is 0 Å². The number of nitrogens with zero attached hydrogens (tertiary/aromatic N) is 1. The molecule has 0 atom stereocenters. The molecular weight excluding hydrogens is 260 g/mol. The summed E-state index contributed by atoms with van der Waals surface area (Å²) in [7, 11) is 1.68. The lowest BCUT2D eigenvalue weighted by Gasteiger charge is -2.26. The van der Waals surface area contributed by atoms with Gasteiger partial charge in [-0.15, -0.1) is 0 Å². The van der Waals surface area contributed by atoms with E-state index in [-0.39, 0.29) is 24.7 Å². The van der Waals surface area contributed by atoms with Crippen molar-refractivity contribution in [2.45, 2.75) is 25.8 Å². The van der Waals surface area contributed by atoms with Crippen molar-refractivity contribution in [2.75, 3.05) is 12.4 Å². The number of Topliss-reactive ketones (excluding diaryl/α,β-unsaturated/α-hetero) is 1. The quantitative estimate of drug-likeness (QED) is 0.806. The summed E-state index contributed by atoms with van der Waals surface area (Å²) in [5.41, 5.74) is 2.16. The molecule has 0 radical (unpaired) electrons. The van der Waals surface area contributed by atoms with Crippen LogP contribution in [0.2, 0.25) is 0 Å². The predicted octanol–water partition coefficient (Wildman–Crippen LogP) is 2.10. The van der Waals surface area contributed by atoms with Gasteiger partial charge in [0, 0.05) is 37.7 Å². The number of anilines is 1. The Morgan fingerprint density at radius 3 is 2.80 bits per heavy atom. The number of carbonyl (C=O) groups is 3. The summed E-state index contributed by atoms with van der Waals surface area (Å²) in [6.07, 6.45) is 0.546. The number of rotatable bonds is 5. The van der Waals surface area contributed by atoms with Crippen LogP contribution in [0.4, 0.5) is 10.5 Å². The zero-order valence-electron chi connectivity index (χ0n) is 11.2. The van der Waals surface area contributed by atoms with E-state index in [0.717, 1.165) is 11.3 Å². The summed E-state index contributed by atoms with van der Waals surface area (Å²) in [6.45, 7) is 0.456. The molecule has 0 aromatic heterocycles. The SMILES string of the molecule is CN1Cc2cc(C(=O)CCCC(=O)O)ccc2NC1=O. The first-order chi connectivity index (χ1) is 9.47. The Morgan fingerprint density at radius 1 is 1.35 bits per heavy atom. The monoisotopic (exact) mass is 276 g/mol. The Bertz CT molecular complexity index is 568. The summed E-state index contributed by atoms with van der Waals surface area (Å²) in [4.78, 5) is 35.4. The Morgan fingerprint density at radius 2 is 2.10 bits per heavy atom. The number of amides is 2. The molecule has 6 heteroatoms. The molecule has 20 heavy (non-hydrogen) atoms. The number of carbonyl (C=O) groups excluding carboxylic acids is 2. The molecule has 0 unspecified atom stereocenters. The molecule has 0 spiro atoms. The fraction of sp³-hybridized carbons (Fsp3) is 0.357. The van der Waals surface area contributed by atoms with Gasteiger partial charge >= 0.3 is 12.0 Å². The number of carboxylic acid groups (broad SMARTS) is 1. The van der Waals surface area contributed by atoms with Crippen molar-refractivity contribution in [3.63, 3.8) is 0 Å². The maximum atomic E-state index is 12.0. The van der Waals surface area contributed by atoms with Crippen LogP contribution in [0.15, 0.2) is 18.2 Å². The third-order valence-electron chi connectivity index (χ3n) is 3.22. The molecule has 0 saturated carbocycles. The minimum absolute atomic E-state index is 0.00449. The minimum Gasteiger partial charge on any atom is -0.481 e. The third kappa shape index (κ3) is 3.14. The van der Waals surface area contributed by atoms with Crippen LogP contribution in [0.1, 0.15) is 35.2 Å². The average molecular weight is 276 g/mol. The molecule has 0 aliphatic carbocycles. The van der Waals surface area contributed by atoms with Crippen LogP contribution in [0, 0.1) is 0 Å². The largest absolute Gasteiger partial charge is 0.481 e. The summed E-state index contributed by atoms with van der Waals surface area (Å²) >= 11 is 0. The van der Waals surface area contributed by atoms with Gasteiger partial charge in [0.05, 0.1) is 0 Å². The molecule has 0 saturated heterocycles. The summed E-state index contributed by atoms with van der Waals surface area (Å²) < 4.78 is 0. The van der Waals surface area contributed by atoms with Gasteiger partial charge in [-0.25, -0.2) is 4.79 Å². The zero-order chi connectivity index (χ0) is 14.7. The van der Waals surface area contributed by atoms with E-state index < -0.39 is 5.97 Å². The second kappa shape index (κ2) is 5.73. The third-order valence-corrected chi connectivity index (χ3v) is 3.22. The molecule has 106 valence electrons. The van der Waals surface area contributed by atoms with Crippen molar-refractivity contribution >= 4 is 23.5 Å². The molecular formula is C14H16N2O4. The van der Waals surface area contributed by atoms with E-state index in [1.54, 1.807) is 25.2 Å². The lowest BCUT2D eigenvalue weighted by atomic mass is 10.0. The maximum Gasteiger partial charge on any atom is 0.321 e. The Labute approximate surface area is 116 Å². The van der Waals surface area contributed by atoms with Crippen molar-refractivity contribution in [1.82, 2.24) is 4.90 Å². The van der Waals surface area contributed by atoms with Crippen LogP contribution in [0.3, 0.4) is 0 Å². The first kappa shape index (κ1) is 14.0. The Hall–Kier alpha value is -2.37. The minimum atomic E-state index is -0.896. The zero-order valence-corrected chi connectivity index (χ0v) is 11.2. The standard InChI is InChI=1S/C14H16N2O4/c1-16-8-10-7-9(5-6-11(10)15-14(16)20)12(17)3-2-4-13(18)19/h5-7H,2-4,8H2,1H3,(H,15,20)(H,18,19). The van der Waals surface area contributed by atoms with Gasteiger partial charge in [-0.1, -0.05) is 0 Å². The Kier molecular flexibility index (Phi) is 4.02. The van der Waals surface area contributed by atoms with Crippen molar-refractivity contribution < 1.29 is 19.5 Å². The van der Waals surface area contributed by atoms with Gasteiger partial charge in [-0.05, 0) is 30.2 Å². The van der Waals surface area contributed by atoms with E-state index in [0.29, 0.717) is 18.5 Å². The van der Waals surface area contributed by atoms with Crippen LogP contribution in [-0.4, -0.2) is 34.8 Å². The second-order valence-electron chi connectivity index (χ2n) is 4.83. The molecule has 1 aromatic rings. The number of hydrogen-bond donors (Lipinski definition) is 2. The molecule has 1 aliphatic heterocycles. The second-order valence-corrected chi connectivity index (χ2v) is 4.83. The number of hydrogen-bond acceptors (Lipinski definition) is 3. The maximum absolute atomic E-state index is 12.0. The molecule has 6 nitrogen and oxygen atoms in total. The summed E-state index contributed by atoms with van der Waals surface area (Å²) in [5, 5.41) is 11.3.